The lowest BCUT2D eigenvalue weighted by atomic mass is 9.84. The molecule has 2 nitrogen and oxygen atoms in total. The number of benzene rings is 1. The third-order valence-electron chi connectivity index (χ3n) is 4.15. The Labute approximate surface area is 125 Å². The van der Waals surface area contributed by atoms with Crippen LogP contribution in [0.15, 0.2) is 22.7 Å². The number of rotatable bonds is 4. The molecule has 2 unspecified atom stereocenters. The average molecular weight is 325 g/mol. The Bertz CT molecular complexity index is 417. The van der Waals surface area contributed by atoms with Gasteiger partial charge in [0.15, 0.2) is 0 Å². The van der Waals surface area contributed by atoms with E-state index >= 15 is 0 Å². The summed E-state index contributed by atoms with van der Waals surface area (Å²) in [7, 11) is 0. The van der Waals surface area contributed by atoms with Crippen LogP contribution in [-0.2, 0) is 0 Å². The van der Waals surface area contributed by atoms with Crippen molar-refractivity contribution in [2.75, 3.05) is 19.6 Å². The first-order valence-corrected chi connectivity index (χ1v) is 8.16. The molecule has 0 aromatic heterocycles. The van der Waals surface area contributed by atoms with E-state index in [0.29, 0.717) is 12.0 Å². The van der Waals surface area contributed by atoms with Gasteiger partial charge in [0.1, 0.15) is 0 Å². The van der Waals surface area contributed by atoms with Gasteiger partial charge in [-0.2, -0.15) is 0 Å². The zero-order valence-electron chi connectivity index (χ0n) is 12.0. The predicted octanol–water partition coefficient (Wildman–Crippen LogP) is 3.88. The summed E-state index contributed by atoms with van der Waals surface area (Å²) in [5.41, 5.74) is 8.74. The molecule has 1 heterocycles. The van der Waals surface area contributed by atoms with Gasteiger partial charge < -0.3 is 5.73 Å². The van der Waals surface area contributed by atoms with Gasteiger partial charge in [-0.05, 0) is 68.9 Å². The Hall–Kier alpha value is -0.380. The number of aryl methyl sites for hydroxylation is 1. The summed E-state index contributed by atoms with van der Waals surface area (Å²) < 4.78 is 1.24. The summed E-state index contributed by atoms with van der Waals surface area (Å²) in [6.45, 7) is 7.55. The van der Waals surface area contributed by atoms with Crippen molar-refractivity contribution in [2.45, 2.75) is 39.2 Å². The number of nitrogens with two attached hydrogens (primary N) is 1. The molecule has 2 rings (SSSR count). The summed E-state index contributed by atoms with van der Waals surface area (Å²) in [5, 5.41) is 0. The van der Waals surface area contributed by atoms with Gasteiger partial charge in [0.25, 0.3) is 0 Å². The normalized spacial score (nSPS) is 24.6. The first kappa shape index (κ1) is 15.0. The van der Waals surface area contributed by atoms with Crippen molar-refractivity contribution in [1.82, 2.24) is 4.90 Å². The Morgan fingerprint density at radius 2 is 2.21 bits per heavy atom. The van der Waals surface area contributed by atoms with Crippen LogP contribution in [0.2, 0.25) is 0 Å². The minimum absolute atomic E-state index is 0.480. The third kappa shape index (κ3) is 3.39. The van der Waals surface area contributed by atoms with Crippen molar-refractivity contribution in [3.05, 3.63) is 33.8 Å². The van der Waals surface area contributed by atoms with Gasteiger partial charge in [0, 0.05) is 10.5 Å². The standard InChI is InChI=1S/C16H25BrN2/c1-3-8-19-9-4-5-13(11-18)16(19)14-7-6-12(2)10-15(14)17/h6-7,10,13,16H,3-5,8-9,11,18H2,1-2H3. The van der Waals surface area contributed by atoms with E-state index in [0.717, 1.165) is 6.54 Å². The van der Waals surface area contributed by atoms with Crippen LogP contribution in [0.5, 0.6) is 0 Å². The zero-order chi connectivity index (χ0) is 13.8. The first-order chi connectivity index (χ1) is 9.17. The monoisotopic (exact) mass is 324 g/mol. The van der Waals surface area contributed by atoms with Crippen LogP contribution in [-0.4, -0.2) is 24.5 Å². The molecule has 0 aliphatic carbocycles. The number of nitrogens with zero attached hydrogens (tertiary/aromatic N) is 1. The van der Waals surface area contributed by atoms with Gasteiger partial charge in [0.05, 0.1) is 0 Å². The third-order valence-corrected chi connectivity index (χ3v) is 4.84. The second kappa shape index (κ2) is 6.87. The highest BCUT2D eigenvalue weighted by Crippen LogP contribution is 2.38. The van der Waals surface area contributed by atoms with Gasteiger partial charge in [-0.15, -0.1) is 0 Å². The first-order valence-electron chi connectivity index (χ1n) is 7.37. The van der Waals surface area contributed by atoms with Gasteiger partial charge in [-0.3, -0.25) is 4.90 Å². The predicted molar refractivity (Wildman–Crippen MR) is 85.3 cm³/mol. The summed E-state index contributed by atoms with van der Waals surface area (Å²) in [6, 6.07) is 7.20. The molecular weight excluding hydrogens is 300 g/mol. The van der Waals surface area contributed by atoms with E-state index in [9.17, 15) is 0 Å². The molecule has 1 aromatic rings. The Kier molecular flexibility index (Phi) is 5.43. The number of halogens is 1. The SMILES string of the molecule is CCCN1CCCC(CN)C1c1ccc(C)cc1Br. The maximum atomic E-state index is 6.03. The fourth-order valence-electron chi connectivity index (χ4n) is 3.26. The Balaban J connectivity index is 2.33. The molecule has 0 radical (unpaired) electrons. The highest BCUT2D eigenvalue weighted by Gasteiger charge is 2.32. The fourth-order valence-corrected chi connectivity index (χ4v) is 3.99. The molecule has 1 fully saturated rings. The molecule has 19 heavy (non-hydrogen) atoms. The molecule has 0 spiro atoms. The van der Waals surface area contributed by atoms with E-state index in [2.05, 4.69) is 52.9 Å². The zero-order valence-corrected chi connectivity index (χ0v) is 13.6. The summed E-state index contributed by atoms with van der Waals surface area (Å²) in [4.78, 5) is 2.62. The van der Waals surface area contributed by atoms with Crippen LogP contribution in [0.4, 0.5) is 0 Å². The lowest BCUT2D eigenvalue weighted by molar-refractivity contribution is 0.0955. The van der Waals surface area contributed by atoms with Crippen LogP contribution < -0.4 is 5.73 Å². The second-order valence-corrected chi connectivity index (χ2v) is 6.50. The van der Waals surface area contributed by atoms with E-state index in [1.165, 1.54) is 48.0 Å². The number of piperidine rings is 1. The minimum Gasteiger partial charge on any atom is -0.330 e. The molecule has 1 aliphatic heterocycles. The molecule has 106 valence electrons. The highest BCUT2D eigenvalue weighted by atomic mass is 79.9. The van der Waals surface area contributed by atoms with Crippen molar-refractivity contribution in [2.24, 2.45) is 11.7 Å². The summed E-state index contributed by atoms with van der Waals surface area (Å²) in [6.07, 6.45) is 3.74. The van der Waals surface area contributed by atoms with E-state index in [4.69, 9.17) is 5.73 Å². The molecule has 0 amide bonds. The maximum Gasteiger partial charge on any atom is 0.0399 e. The molecule has 0 saturated carbocycles. The molecule has 1 aromatic carbocycles. The lowest BCUT2D eigenvalue weighted by Gasteiger charge is -2.41. The molecule has 2 atom stereocenters. The topological polar surface area (TPSA) is 29.3 Å². The van der Waals surface area contributed by atoms with Crippen molar-refractivity contribution in [3.8, 4) is 0 Å². The smallest absolute Gasteiger partial charge is 0.0399 e. The van der Waals surface area contributed by atoms with Gasteiger partial charge in [0.2, 0.25) is 0 Å². The minimum atomic E-state index is 0.480. The molecule has 1 aliphatic rings. The highest BCUT2D eigenvalue weighted by molar-refractivity contribution is 9.10. The van der Waals surface area contributed by atoms with E-state index in [1.54, 1.807) is 0 Å². The van der Waals surface area contributed by atoms with Crippen LogP contribution in [0.3, 0.4) is 0 Å². The number of likely N-dealkylation sites (tertiary alicyclic amines) is 1. The lowest BCUT2D eigenvalue weighted by Crippen LogP contribution is -2.42. The summed E-state index contributed by atoms with van der Waals surface area (Å²) >= 11 is 3.75. The van der Waals surface area contributed by atoms with Gasteiger partial charge >= 0.3 is 0 Å². The molecule has 2 N–H and O–H groups in total. The quantitative estimate of drug-likeness (QED) is 0.910. The van der Waals surface area contributed by atoms with Crippen LogP contribution in [0.1, 0.15) is 43.4 Å². The van der Waals surface area contributed by atoms with Crippen molar-refractivity contribution in [1.29, 1.82) is 0 Å². The van der Waals surface area contributed by atoms with Crippen LogP contribution >= 0.6 is 15.9 Å². The van der Waals surface area contributed by atoms with E-state index in [-0.39, 0.29) is 0 Å². The number of hydrogen-bond donors (Lipinski definition) is 1. The molecule has 1 saturated heterocycles. The average Bonchev–Trinajstić information content (AvgIpc) is 2.39. The van der Waals surface area contributed by atoms with Crippen molar-refractivity contribution >= 4 is 15.9 Å². The van der Waals surface area contributed by atoms with Crippen LogP contribution in [0.25, 0.3) is 0 Å². The second-order valence-electron chi connectivity index (χ2n) is 5.64. The molecular formula is C16H25BrN2. The van der Waals surface area contributed by atoms with E-state index in [1.807, 2.05) is 0 Å². The Morgan fingerprint density at radius 1 is 1.42 bits per heavy atom. The van der Waals surface area contributed by atoms with Crippen molar-refractivity contribution in [3.63, 3.8) is 0 Å². The molecule has 0 bridgehead atoms. The van der Waals surface area contributed by atoms with Crippen LogP contribution in [0, 0.1) is 12.8 Å². The maximum absolute atomic E-state index is 6.03. The van der Waals surface area contributed by atoms with Crippen molar-refractivity contribution < 1.29 is 0 Å². The summed E-state index contributed by atoms with van der Waals surface area (Å²) in [5.74, 6) is 0.583. The molecule has 3 heteroatoms. The number of hydrogen-bond acceptors (Lipinski definition) is 2. The van der Waals surface area contributed by atoms with Gasteiger partial charge in [-0.25, -0.2) is 0 Å². The van der Waals surface area contributed by atoms with E-state index < -0.39 is 0 Å². The largest absolute Gasteiger partial charge is 0.330 e. The fraction of sp³-hybridized carbons (Fsp3) is 0.625. The van der Waals surface area contributed by atoms with Gasteiger partial charge in [-0.1, -0.05) is 35.0 Å². The Morgan fingerprint density at radius 3 is 2.84 bits per heavy atom.